The minimum Gasteiger partial charge on any atom is -0.436 e. The smallest absolute Gasteiger partial charge is 0.273 e. The number of nitrogens with zero attached hydrogens (tertiary/aromatic N) is 3. The van der Waals surface area contributed by atoms with E-state index in [4.69, 9.17) is 10.2 Å². The predicted octanol–water partition coefficient (Wildman–Crippen LogP) is 4.38. The Hall–Kier alpha value is -4.50. The van der Waals surface area contributed by atoms with Crippen molar-refractivity contribution < 1.29 is 18.8 Å². The second-order valence-corrected chi connectivity index (χ2v) is 10.6. The number of benzene rings is 3. The first kappa shape index (κ1) is 27.1. The number of anilines is 1. The molecule has 0 fully saturated rings. The number of nitrogens with two attached hydrogens (primary N) is 1. The first-order valence-electron chi connectivity index (χ1n) is 13.4. The molecule has 0 radical (unpaired) electrons. The molecular formula is C31H33N5O4. The van der Waals surface area contributed by atoms with Gasteiger partial charge in [0.05, 0.1) is 22.4 Å². The van der Waals surface area contributed by atoms with Crippen molar-refractivity contribution in [2.75, 3.05) is 11.6 Å². The van der Waals surface area contributed by atoms with E-state index < -0.39 is 29.3 Å². The van der Waals surface area contributed by atoms with E-state index in [9.17, 15) is 14.4 Å². The Bertz CT molecular complexity index is 1570. The van der Waals surface area contributed by atoms with Crippen LogP contribution in [-0.2, 0) is 16.0 Å². The molecule has 206 valence electrons. The molecule has 5 rings (SSSR count). The third-order valence-corrected chi connectivity index (χ3v) is 7.11. The second kappa shape index (κ2) is 10.6. The van der Waals surface area contributed by atoms with E-state index in [2.05, 4.69) is 10.3 Å². The normalized spacial score (nSPS) is 15.5. The summed E-state index contributed by atoms with van der Waals surface area (Å²) in [6, 6.07) is 19.4. The van der Waals surface area contributed by atoms with Gasteiger partial charge in [0.25, 0.3) is 11.8 Å². The minimum atomic E-state index is -1.17. The molecule has 9 heteroatoms. The lowest BCUT2D eigenvalue weighted by Gasteiger charge is -2.36. The highest BCUT2D eigenvalue weighted by molar-refractivity contribution is 6.07. The van der Waals surface area contributed by atoms with Gasteiger partial charge >= 0.3 is 0 Å². The largest absolute Gasteiger partial charge is 0.436 e. The zero-order valence-corrected chi connectivity index (χ0v) is 23.1. The summed E-state index contributed by atoms with van der Waals surface area (Å²) in [5.74, 6) is -0.911. The Morgan fingerprint density at radius 2 is 1.82 bits per heavy atom. The Morgan fingerprint density at radius 3 is 2.55 bits per heavy atom. The molecule has 3 amide bonds. The number of fused-ring (bicyclic) bond motifs is 2. The number of oxazole rings is 1. The van der Waals surface area contributed by atoms with Gasteiger partial charge in [-0.3, -0.25) is 14.4 Å². The molecule has 1 aliphatic rings. The van der Waals surface area contributed by atoms with Crippen molar-refractivity contribution in [1.29, 1.82) is 0 Å². The van der Waals surface area contributed by atoms with E-state index >= 15 is 0 Å². The molecule has 40 heavy (non-hydrogen) atoms. The lowest BCUT2D eigenvalue weighted by atomic mass is 10.0. The van der Waals surface area contributed by atoms with E-state index in [1.807, 2.05) is 68.4 Å². The number of hydrazine groups is 1. The number of hydrogen-bond acceptors (Lipinski definition) is 6. The van der Waals surface area contributed by atoms with Crippen molar-refractivity contribution in [3.63, 3.8) is 0 Å². The fourth-order valence-electron chi connectivity index (χ4n) is 4.97. The van der Waals surface area contributed by atoms with Crippen LogP contribution in [-0.4, -0.2) is 45.8 Å². The first-order valence-corrected chi connectivity index (χ1v) is 13.4. The van der Waals surface area contributed by atoms with Crippen LogP contribution < -0.4 is 16.1 Å². The van der Waals surface area contributed by atoms with Crippen molar-refractivity contribution in [1.82, 2.24) is 15.3 Å². The first-order chi connectivity index (χ1) is 19.1. The van der Waals surface area contributed by atoms with Crippen LogP contribution in [0, 0.1) is 6.92 Å². The fourth-order valence-corrected chi connectivity index (χ4v) is 4.97. The van der Waals surface area contributed by atoms with Crippen molar-refractivity contribution >= 4 is 34.5 Å². The second-order valence-electron chi connectivity index (χ2n) is 10.6. The average Bonchev–Trinajstić information content (AvgIpc) is 3.31. The third kappa shape index (κ3) is 4.96. The summed E-state index contributed by atoms with van der Waals surface area (Å²) in [5.41, 5.74) is 9.37. The minimum absolute atomic E-state index is 0.197. The van der Waals surface area contributed by atoms with Crippen LogP contribution in [0.5, 0.6) is 0 Å². The molecule has 3 aromatic carbocycles. The standard InChI is InChI=1S/C31H33N5O4/c1-5-35(28(37)21-13-10-11-19(2)26(21)27-33-22-14-7-9-16-25(22)40-27)36-24-15-8-6-12-20(24)17-18-23(29(36)38)34-30(39)31(3,4)32/h6-16,23H,5,17-18,32H2,1-4H3,(H,34,39). The zero-order valence-electron chi connectivity index (χ0n) is 23.1. The number of rotatable bonds is 6. The van der Waals surface area contributed by atoms with Gasteiger partial charge in [-0.15, -0.1) is 0 Å². The van der Waals surface area contributed by atoms with Crippen LogP contribution >= 0.6 is 0 Å². The number of hydrogen-bond donors (Lipinski definition) is 2. The molecule has 0 saturated carbocycles. The molecule has 1 aromatic heterocycles. The summed E-state index contributed by atoms with van der Waals surface area (Å²) in [7, 11) is 0. The maximum atomic E-state index is 14.3. The quantitative estimate of drug-likeness (QED) is 0.375. The number of nitrogens with one attached hydrogen (secondary N) is 1. The maximum absolute atomic E-state index is 14.3. The summed E-state index contributed by atoms with van der Waals surface area (Å²) >= 11 is 0. The van der Waals surface area contributed by atoms with E-state index in [1.165, 1.54) is 10.0 Å². The molecule has 1 unspecified atom stereocenters. The monoisotopic (exact) mass is 539 g/mol. The van der Waals surface area contributed by atoms with Crippen LogP contribution in [0.1, 0.15) is 48.7 Å². The molecule has 1 atom stereocenters. The molecule has 0 saturated heterocycles. The number of aromatic nitrogens is 1. The van der Waals surface area contributed by atoms with Crippen molar-refractivity contribution in [2.45, 2.75) is 52.1 Å². The number of para-hydroxylation sites is 3. The number of amides is 3. The summed E-state index contributed by atoms with van der Waals surface area (Å²) in [6.45, 7) is 7.07. The number of carbonyl (C=O) groups is 3. The van der Waals surface area contributed by atoms with Gasteiger partial charge in [0.2, 0.25) is 11.8 Å². The lowest BCUT2D eigenvalue weighted by molar-refractivity contribution is -0.131. The highest BCUT2D eigenvalue weighted by atomic mass is 16.3. The Labute approximate surface area is 232 Å². The maximum Gasteiger partial charge on any atom is 0.273 e. The topological polar surface area (TPSA) is 122 Å². The van der Waals surface area contributed by atoms with Gasteiger partial charge in [-0.1, -0.05) is 42.5 Å². The van der Waals surface area contributed by atoms with Crippen LogP contribution in [0.25, 0.3) is 22.6 Å². The molecule has 1 aliphatic heterocycles. The third-order valence-electron chi connectivity index (χ3n) is 7.11. The SMILES string of the molecule is CCN(C(=O)c1cccc(C)c1-c1nc2ccccc2o1)N1C(=O)C(NC(=O)C(C)(C)N)CCc2ccccc21. The summed E-state index contributed by atoms with van der Waals surface area (Å²) in [6.07, 6.45) is 0.914. The Morgan fingerprint density at radius 1 is 1.10 bits per heavy atom. The van der Waals surface area contributed by atoms with Crippen molar-refractivity contribution in [3.8, 4) is 11.5 Å². The van der Waals surface area contributed by atoms with Crippen LogP contribution in [0.15, 0.2) is 71.1 Å². The van der Waals surface area contributed by atoms with Gasteiger partial charge in [0, 0.05) is 6.54 Å². The van der Waals surface area contributed by atoms with E-state index in [1.54, 1.807) is 26.0 Å². The molecular weight excluding hydrogens is 506 g/mol. The van der Waals surface area contributed by atoms with E-state index in [0.29, 0.717) is 46.6 Å². The molecule has 9 nitrogen and oxygen atoms in total. The fraction of sp³-hybridized carbons (Fsp3) is 0.290. The van der Waals surface area contributed by atoms with Crippen LogP contribution in [0.2, 0.25) is 0 Å². The average molecular weight is 540 g/mol. The number of carbonyl (C=O) groups excluding carboxylic acids is 3. The van der Waals surface area contributed by atoms with Crippen LogP contribution in [0.4, 0.5) is 5.69 Å². The summed E-state index contributed by atoms with van der Waals surface area (Å²) in [5, 5.41) is 5.63. The zero-order chi connectivity index (χ0) is 28.6. The van der Waals surface area contributed by atoms with Crippen molar-refractivity contribution in [3.05, 3.63) is 83.4 Å². The van der Waals surface area contributed by atoms with E-state index in [0.717, 1.165) is 11.1 Å². The van der Waals surface area contributed by atoms with Gasteiger partial charge in [-0.05, 0) is 75.9 Å². The summed E-state index contributed by atoms with van der Waals surface area (Å²) < 4.78 is 6.05. The molecule has 0 bridgehead atoms. The highest BCUT2D eigenvalue weighted by Gasteiger charge is 2.38. The molecule has 4 aromatic rings. The molecule has 0 spiro atoms. The molecule has 2 heterocycles. The van der Waals surface area contributed by atoms with Crippen LogP contribution in [0.3, 0.4) is 0 Å². The summed E-state index contributed by atoms with van der Waals surface area (Å²) in [4.78, 5) is 45.9. The van der Waals surface area contributed by atoms with Gasteiger partial charge < -0.3 is 15.5 Å². The number of aryl methyl sites for hydroxylation is 2. The molecule has 0 aliphatic carbocycles. The van der Waals surface area contributed by atoms with E-state index in [-0.39, 0.29) is 6.54 Å². The predicted molar refractivity (Wildman–Crippen MR) is 153 cm³/mol. The Kier molecular flexibility index (Phi) is 7.16. The Balaban J connectivity index is 1.59. The van der Waals surface area contributed by atoms with Crippen molar-refractivity contribution in [2.24, 2.45) is 5.73 Å². The van der Waals surface area contributed by atoms with Gasteiger partial charge in [-0.2, -0.15) is 0 Å². The van der Waals surface area contributed by atoms with Gasteiger partial charge in [-0.25, -0.2) is 15.0 Å². The highest BCUT2D eigenvalue weighted by Crippen LogP contribution is 2.33. The van der Waals surface area contributed by atoms with Gasteiger partial charge in [0.1, 0.15) is 11.6 Å². The van der Waals surface area contributed by atoms with Gasteiger partial charge in [0.15, 0.2) is 5.58 Å². The molecule has 3 N–H and O–H groups in total. The lowest BCUT2D eigenvalue weighted by Crippen LogP contribution is -2.59.